The Hall–Kier alpha value is -1.22. The molecule has 0 radical (unpaired) electrons. The number of rotatable bonds is 2. The maximum atomic E-state index is 11.0. The Morgan fingerprint density at radius 1 is 1.54 bits per heavy atom. The summed E-state index contributed by atoms with van der Waals surface area (Å²) < 4.78 is 5.02. The summed E-state index contributed by atoms with van der Waals surface area (Å²) in [5.74, 6) is 0.0691. The van der Waals surface area contributed by atoms with Gasteiger partial charge in [-0.3, -0.25) is 4.79 Å². The van der Waals surface area contributed by atoms with Crippen LogP contribution >= 0.6 is 11.6 Å². The van der Waals surface area contributed by atoms with Gasteiger partial charge < -0.3 is 10.5 Å². The average Bonchev–Trinajstić information content (AvgIpc) is 2.08. The highest BCUT2D eigenvalue weighted by molar-refractivity contribution is 6.31. The van der Waals surface area contributed by atoms with Gasteiger partial charge in [0.1, 0.15) is 5.75 Å². The van der Waals surface area contributed by atoms with Crippen molar-refractivity contribution in [1.82, 2.24) is 0 Å². The van der Waals surface area contributed by atoms with Crippen molar-refractivity contribution in [3.63, 3.8) is 0 Å². The predicted molar refractivity (Wildman–Crippen MR) is 51.3 cm³/mol. The van der Waals surface area contributed by atoms with Gasteiger partial charge in [-0.05, 0) is 19.1 Å². The number of primary amides is 1. The van der Waals surface area contributed by atoms with Crippen LogP contribution in [0.1, 0.15) is 15.9 Å². The highest BCUT2D eigenvalue weighted by atomic mass is 35.5. The Balaban J connectivity index is 3.35. The molecule has 1 aromatic carbocycles. The van der Waals surface area contributed by atoms with Gasteiger partial charge in [0.15, 0.2) is 0 Å². The van der Waals surface area contributed by atoms with E-state index in [1.54, 1.807) is 13.0 Å². The van der Waals surface area contributed by atoms with E-state index in [4.69, 9.17) is 22.1 Å². The first-order valence-corrected chi connectivity index (χ1v) is 4.08. The molecule has 0 aliphatic heterocycles. The Morgan fingerprint density at radius 3 is 2.62 bits per heavy atom. The number of nitrogens with two attached hydrogens (primary N) is 1. The predicted octanol–water partition coefficient (Wildman–Crippen LogP) is 1.76. The number of hydrogen-bond donors (Lipinski definition) is 1. The quantitative estimate of drug-likeness (QED) is 0.789. The fourth-order valence-electron chi connectivity index (χ4n) is 1.12. The van der Waals surface area contributed by atoms with Crippen LogP contribution in [-0.4, -0.2) is 13.0 Å². The van der Waals surface area contributed by atoms with Crippen molar-refractivity contribution < 1.29 is 9.53 Å². The molecule has 0 unspecified atom stereocenters. The summed E-state index contributed by atoms with van der Waals surface area (Å²) >= 11 is 5.76. The third-order valence-electron chi connectivity index (χ3n) is 1.81. The molecule has 0 heterocycles. The van der Waals surface area contributed by atoms with Crippen LogP contribution in [0.2, 0.25) is 5.02 Å². The highest BCUT2D eigenvalue weighted by Gasteiger charge is 2.10. The number of amides is 1. The first-order chi connectivity index (χ1) is 6.06. The zero-order valence-electron chi connectivity index (χ0n) is 7.43. The van der Waals surface area contributed by atoms with E-state index in [1.165, 1.54) is 13.2 Å². The molecule has 0 fully saturated rings. The summed E-state index contributed by atoms with van der Waals surface area (Å²) in [6.45, 7) is 1.76. The van der Waals surface area contributed by atoms with Gasteiger partial charge in [-0.25, -0.2) is 0 Å². The molecule has 0 atom stereocenters. The van der Waals surface area contributed by atoms with Crippen molar-refractivity contribution in [2.45, 2.75) is 6.92 Å². The minimum absolute atomic E-state index is 0.393. The van der Waals surface area contributed by atoms with E-state index >= 15 is 0 Å². The van der Waals surface area contributed by atoms with Crippen molar-refractivity contribution in [3.8, 4) is 5.75 Å². The lowest BCUT2D eigenvalue weighted by molar-refractivity contribution is 0.0999. The fraction of sp³-hybridized carbons (Fsp3) is 0.222. The summed E-state index contributed by atoms with van der Waals surface area (Å²) in [5.41, 5.74) is 6.25. The first kappa shape index (κ1) is 9.86. The third kappa shape index (κ3) is 1.92. The van der Waals surface area contributed by atoms with E-state index in [1.807, 2.05) is 0 Å². The minimum atomic E-state index is -0.502. The lowest BCUT2D eigenvalue weighted by Gasteiger charge is -2.08. The largest absolute Gasteiger partial charge is 0.496 e. The van der Waals surface area contributed by atoms with Crippen molar-refractivity contribution >= 4 is 17.5 Å². The van der Waals surface area contributed by atoms with Crippen molar-refractivity contribution in [3.05, 3.63) is 28.3 Å². The Kier molecular flexibility index (Phi) is 2.78. The van der Waals surface area contributed by atoms with E-state index < -0.39 is 5.91 Å². The molecule has 13 heavy (non-hydrogen) atoms. The number of methoxy groups -OCH3 is 1. The average molecular weight is 200 g/mol. The maximum absolute atomic E-state index is 11.0. The summed E-state index contributed by atoms with van der Waals surface area (Å²) in [4.78, 5) is 11.0. The van der Waals surface area contributed by atoms with Crippen molar-refractivity contribution in [1.29, 1.82) is 0 Å². The van der Waals surface area contributed by atoms with E-state index in [0.717, 1.165) is 0 Å². The molecule has 1 rings (SSSR count). The van der Waals surface area contributed by atoms with Crippen molar-refractivity contribution in [2.24, 2.45) is 5.73 Å². The smallest absolute Gasteiger partial charge is 0.249 e. The number of carbonyl (C=O) groups is 1. The first-order valence-electron chi connectivity index (χ1n) is 3.70. The summed E-state index contributed by atoms with van der Waals surface area (Å²) in [6, 6.07) is 3.17. The zero-order valence-corrected chi connectivity index (χ0v) is 8.18. The minimum Gasteiger partial charge on any atom is -0.496 e. The van der Waals surface area contributed by atoms with Crippen LogP contribution < -0.4 is 10.5 Å². The Bertz CT molecular complexity index is 350. The monoisotopic (exact) mass is 199 g/mol. The van der Waals surface area contributed by atoms with Crippen LogP contribution in [0.5, 0.6) is 5.75 Å². The van der Waals surface area contributed by atoms with Gasteiger partial charge in [-0.2, -0.15) is 0 Å². The standard InChI is InChI=1S/C9H10ClNO2/c1-5-7(9(11)12)3-6(10)4-8(5)13-2/h3-4H,1-2H3,(H2,11,12). The molecule has 4 heteroatoms. The third-order valence-corrected chi connectivity index (χ3v) is 2.03. The second-order valence-corrected chi connectivity index (χ2v) is 3.08. The molecule has 0 aliphatic rings. The number of ether oxygens (including phenoxy) is 1. The molecule has 1 aromatic rings. The van der Waals surface area contributed by atoms with E-state index in [-0.39, 0.29) is 0 Å². The van der Waals surface area contributed by atoms with Gasteiger partial charge in [-0.15, -0.1) is 0 Å². The van der Waals surface area contributed by atoms with Crippen LogP contribution in [0.15, 0.2) is 12.1 Å². The van der Waals surface area contributed by atoms with Gasteiger partial charge in [0, 0.05) is 16.1 Å². The fourth-order valence-corrected chi connectivity index (χ4v) is 1.33. The topological polar surface area (TPSA) is 52.3 Å². The Morgan fingerprint density at radius 2 is 2.15 bits per heavy atom. The molecule has 0 saturated carbocycles. The normalized spacial score (nSPS) is 9.77. The lowest BCUT2D eigenvalue weighted by Crippen LogP contribution is -2.13. The van der Waals surface area contributed by atoms with Crippen LogP contribution in [0.3, 0.4) is 0 Å². The molecule has 2 N–H and O–H groups in total. The number of carbonyl (C=O) groups excluding carboxylic acids is 1. The second-order valence-electron chi connectivity index (χ2n) is 2.64. The Labute approximate surface area is 81.4 Å². The highest BCUT2D eigenvalue weighted by Crippen LogP contribution is 2.25. The van der Waals surface area contributed by atoms with Crippen molar-refractivity contribution in [2.75, 3.05) is 7.11 Å². The molecule has 0 aliphatic carbocycles. The molecular formula is C9H10ClNO2. The summed E-state index contributed by atoms with van der Waals surface area (Å²) in [5, 5.41) is 0.441. The molecule has 0 aromatic heterocycles. The van der Waals surface area contributed by atoms with Crippen LogP contribution in [0, 0.1) is 6.92 Å². The number of halogens is 1. The molecule has 0 spiro atoms. The molecule has 3 nitrogen and oxygen atoms in total. The van der Waals surface area contributed by atoms with Crippen LogP contribution in [0.25, 0.3) is 0 Å². The van der Waals surface area contributed by atoms with Gasteiger partial charge in [0.2, 0.25) is 5.91 Å². The van der Waals surface area contributed by atoms with Crippen LogP contribution in [-0.2, 0) is 0 Å². The van der Waals surface area contributed by atoms with Crippen LogP contribution in [0.4, 0.5) is 0 Å². The van der Waals surface area contributed by atoms with Gasteiger partial charge in [-0.1, -0.05) is 11.6 Å². The lowest BCUT2D eigenvalue weighted by atomic mass is 10.1. The number of hydrogen-bond acceptors (Lipinski definition) is 2. The second kappa shape index (κ2) is 3.66. The van der Waals surface area contributed by atoms with E-state index in [2.05, 4.69) is 0 Å². The zero-order chi connectivity index (χ0) is 10.0. The number of benzene rings is 1. The molecule has 0 saturated heterocycles. The van der Waals surface area contributed by atoms with E-state index in [9.17, 15) is 4.79 Å². The van der Waals surface area contributed by atoms with E-state index in [0.29, 0.717) is 21.9 Å². The van der Waals surface area contributed by atoms with Gasteiger partial charge in [0.25, 0.3) is 0 Å². The van der Waals surface area contributed by atoms with Gasteiger partial charge >= 0.3 is 0 Å². The molecular weight excluding hydrogens is 190 g/mol. The SMILES string of the molecule is COc1cc(Cl)cc(C(N)=O)c1C. The summed E-state index contributed by atoms with van der Waals surface area (Å²) in [7, 11) is 1.52. The maximum Gasteiger partial charge on any atom is 0.249 e. The van der Waals surface area contributed by atoms with Gasteiger partial charge in [0.05, 0.1) is 7.11 Å². The summed E-state index contributed by atoms with van der Waals surface area (Å²) in [6.07, 6.45) is 0. The molecule has 0 bridgehead atoms. The molecule has 70 valence electrons. The molecule has 1 amide bonds.